The SMILES string of the molecule is CCN1CCOC(CNCc2ccc(C)c(Cl)c2)C1. The van der Waals surface area contributed by atoms with Crippen LogP contribution in [0.5, 0.6) is 0 Å². The molecule has 2 rings (SSSR count). The third kappa shape index (κ3) is 4.46. The molecule has 1 atom stereocenters. The molecular formula is C15H23ClN2O. The van der Waals surface area contributed by atoms with Crippen LogP contribution >= 0.6 is 11.6 Å². The summed E-state index contributed by atoms with van der Waals surface area (Å²) in [6.07, 6.45) is 0.301. The highest BCUT2D eigenvalue weighted by molar-refractivity contribution is 6.31. The minimum absolute atomic E-state index is 0.301. The van der Waals surface area contributed by atoms with E-state index in [1.54, 1.807) is 0 Å². The summed E-state index contributed by atoms with van der Waals surface area (Å²) in [4.78, 5) is 2.43. The number of nitrogens with zero attached hydrogens (tertiary/aromatic N) is 1. The molecule has 19 heavy (non-hydrogen) atoms. The smallest absolute Gasteiger partial charge is 0.0826 e. The minimum Gasteiger partial charge on any atom is -0.374 e. The highest BCUT2D eigenvalue weighted by Gasteiger charge is 2.18. The van der Waals surface area contributed by atoms with Gasteiger partial charge in [-0.25, -0.2) is 0 Å². The molecule has 1 N–H and O–H groups in total. The largest absolute Gasteiger partial charge is 0.374 e. The van der Waals surface area contributed by atoms with Crippen molar-refractivity contribution in [3.05, 3.63) is 34.3 Å². The van der Waals surface area contributed by atoms with Gasteiger partial charge in [0.15, 0.2) is 0 Å². The van der Waals surface area contributed by atoms with E-state index in [-0.39, 0.29) is 0 Å². The van der Waals surface area contributed by atoms with Crippen LogP contribution in [0.1, 0.15) is 18.1 Å². The Labute approximate surface area is 120 Å². The van der Waals surface area contributed by atoms with E-state index in [0.29, 0.717) is 6.10 Å². The fourth-order valence-corrected chi connectivity index (χ4v) is 2.52. The van der Waals surface area contributed by atoms with E-state index in [1.807, 2.05) is 13.0 Å². The summed E-state index contributed by atoms with van der Waals surface area (Å²) >= 11 is 6.12. The second-order valence-corrected chi connectivity index (χ2v) is 5.51. The molecule has 1 aliphatic heterocycles. The van der Waals surface area contributed by atoms with Crippen molar-refractivity contribution >= 4 is 11.6 Å². The maximum atomic E-state index is 6.12. The van der Waals surface area contributed by atoms with Gasteiger partial charge in [0, 0.05) is 31.2 Å². The molecule has 1 aromatic rings. The Morgan fingerprint density at radius 2 is 2.32 bits per heavy atom. The van der Waals surface area contributed by atoms with E-state index in [0.717, 1.165) is 49.9 Å². The van der Waals surface area contributed by atoms with E-state index in [2.05, 4.69) is 29.3 Å². The number of morpholine rings is 1. The molecule has 1 fully saturated rings. The Balaban J connectivity index is 1.75. The molecule has 1 saturated heterocycles. The lowest BCUT2D eigenvalue weighted by Gasteiger charge is -2.32. The van der Waals surface area contributed by atoms with Gasteiger partial charge in [-0.1, -0.05) is 30.7 Å². The Morgan fingerprint density at radius 1 is 1.47 bits per heavy atom. The number of hydrogen-bond acceptors (Lipinski definition) is 3. The molecule has 0 aromatic heterocycles. The van der Waals surface area contributed by atoms with Crippen LogP contribution in [0.15, 0.2) is 18.2 Å². The highest BCUT2D eigenvalue weighted by Crippen LogP contribution is 2.16. The minimum atomic E-state index is 0.301. The number of likely N-dealkylation sites (N-methyl/N-ethyl adjacent to an activating group) is 1. The molecule has 1 unspecified atom stereocenters. The quantitative estimate of drug-likeness (QED) is 0.898. The van der Waals surface area contributed by atoms with E-state index in [1.165, 1.54) is 5.56 Å². The zero-order chi connectivity index (χ0) is 13.7. The second kappa shape index (κ2) is 7.25. The van der Waals surface area contributed by atoms with Crippen LogP contribution in [0, 0.1) is 6.92 Å². The molecule has 3 nitrogen and oxygen atoms in total. The normalized spacial score (nSPS) is 20.7. The highest BCUT2D eigenvalue weighted by atomic mass is 35.5. The number of aryl methyl sites for hydroxylation is 1. The van der Waals surface area contributed by atoms with Crippen LogP contribution < -0.4 is 5.32 Å². The maximum Gasteiger partial charge on any atom is 0.0826 e. The van der Waals surface area contributed by atoms with Gasteiger partial charge in [-0.05, 0) is 30.7 Å². The topological polar surface area (TPSA) is 24.5 Å². The average Bonchev–Trinajstić information content (AvgIpc) is 2.43. The Morgan fingerprint density at radius 3 is 3.05 bits per heavy atom. The molecule has 0 amide bonds. The Hall–Kier alpha value is -0.610. The van der Waals surface area contributed by atoms with E-state index >= 15 is 0 Å². The molecule has 0 saturated carbocycles. The number of rotatable bonds is 5. The van der Waals surface area contributed by atoms with Gasteiger partial charge in [0.1, 0.15) is 0 Å². The zero-order valence-electron chi connectivity index (χ0n) is 11.8. The third-order valence-corrected chi connectivity index (χ3v) is 4.01. The van der Waals surface area contributed by atoms with Crippen LogP contribution in [0.4, 0.5) is 0 Å². The van der Waals surface area contributed by atoms with Crippen molar-refractivity contribution in [1.29, 1.82) is 0 Å². The lowest BCUT2D eigenvalue weighted by Crippen LogP contribution is -2.46. The molecule has 1 heterocycles. The number of benzene rings is 1. The predicted molar refractivity (Wildman–Crippen MR) is 79.7 cm³/mol. The number of ether oxygens (including phenoxy) is 1. The maximum absolute atomic E-state index is 6.12. The molecule has 0 bridgehead atoms. The summed E-state index contributed by atoms with van der Waals surface area (Å²) in [5.74, 6) is 0. The number of hydrogen-bond donors (Lipinski definition) is 1. The van der Waals surface area contributed by atoms with E-state index < -0.39 is 0 Å². The molecule has 1 aromatic carbocycles. The number of halogens is 1. The average molecular weight is 283 g/mol. The van der Waals surface area contributed by atoms with Crippen molar-refractivity contribution in [2.24, 2.45) is 0 Å². The first-order valence-electron chi connectivity index (χ1n) is 6.98. The molecule has 4 heteroatoms. The van der Waals surface area contributed by atoms with Crippen LogP contribution in [0.2, 0.25) is 5.02 Å². The van der Waals surface area contributed by atoms with Gasteiger partial charge in [-0.2, -0.15) is 0 Å². The third-order valence-electron chi connectivity index (χ3n) is 3.61. The lowest BCUT2D eigenvalue weighted by molar-refractivity contribution is -0.0253. The molecule has 0 aliphatic carbocycles. The van der Waals surface area contributed by atoms with Gasteiger partial charge in [0.05, 0.1) is 12.7 Å². The van der Waals surface area contributed by atoms with Gasteiger partial charge in [-0.3, -0.25) is 4.90 Å². The first-order valence-corrected chi connectivity index (χ1v) is 7.36. The fourth-order valence-electron chi connectivity index (χ4n) is 2.31. The van der Waals surface area contributed by atoms with Gasteiger partial charge in [0.25, 0.3) is 0 Å². The Kier molecular flexibility index (Phi) is 5.64. The molecule has 106 valence electrons. The van der Waals surface area contributed by atoms with Gasteiger partial charge < -0.3 is 10.1 Å². The molecule has 0 spiro atoms. The summed E-state index contributed by atoms with van der Waals surface area (Å²) < 4.78 is 5.76. The van der Waals surface area contributed by atoms with Crippen molar-refractivity contribution in [1.82, 2.24) is 10.2 Å². The van der Waals surface area contributed by atoms with Crippen LogP contribution in [-0.4, -0.2) is 43.8 Å². The van der Waals surface area contributed by atoms with Gasteiger partial charge in [0.2, 0.25) is 0 Å². The lowest BCUT2D eigenvalue weighted by atomic mass is 10.1. The van der Waals surface area contributed by atoms with E-state index in [9.17, 15) is 0 Å². The van der Waals surface area contributed by atoms with Crippen molar-refractivity contribution in [3.8, 4) is 0 Å². The van der Waals surface area contributed by atoms with Crippen molar-refractivity contribution < 1.29 is 4.74 Å². The molecule has 0 radical (unpaired) electrons. The number of nitrogens with one attached hydrogen (secondary N) is 1. The second-order valence-electron chi connectivity index (χ2n) is 5.10. The first kappa shape index (κ1) is 14.8. The first-order chi connectivity index (χ1) is 9.19. The van der Waals surface area contributed by atoms with Gasteiger partial charge >= 0.3 is 0 Å². The summed E-state index contributed by atoms with van der Waals surface area (Å²) in [6.45, 7) is 9.98. The van der Waals surface area contributed by atoms with Crippen LogP contribution in [0.25, 0.3) is 0 Å². The monoisotopic (exact) mass is 282 g/mol. The summed E-state index contributed by atoms with van der Waals surface area (Å²) in [6, 6.07) is 6.22. The zero-order valence-corrected chi connectivity index (χ0v) is 12.5. The van der Waals surface area contributed by atoms with Crippen molar-refractivity contribution in [2.45, 2.75) is 26.5 Å². The summed E-state index contributed by atoms with van der Waals surface area (Å²) in [5.41, 5.74) is 2.35. The van der Waals surface area contributed by atoms with Crippen molar-refractivity contribution in [3.63, 3.8) is 0 Å². The standard InChI is InChI=1S/C15H23ClN2O/c1-3-18-6-7-19-14(11-18)10-17-9-13-5-4-12(2)15(16)8-13/h4-5,8,14,17H,3,6-7,9-11H2,1-2H3. The van der Waals surface area contributed by atoms with Crippen LogP contribution in [-0.2, 0) is 11.3 Å². The summed E-state index contributed by atoms with van der Waals surface area (Å²) in [7, 11) is 0. The summed E-state index contributed by atoms with van der Waals surface area (Å²) in [5, 5.41) is 4.29. The Bertz CT molecular complexity index is 411. The predicted octanol–water partition coefficient (Wildman–Crippen LogP) is 2.46. The fraction of sp³-hybridized carbons (Fsp3) is 0.600. The van der Waals surface area contributed by atoms with Crippen molar-refractivity contribution in [2.75, 3.05) is 32.8 Å². The molecular weight excluding hydrogens is 260 g/mol. The van der Waals surface area contributed by atoms with Crippen LogP contribution in [0.3, 0.4) is 0 Å². The van der Waals surface area contributed by atoms with E-state index in [4.69, 9.17) is 16.3 Å². The molecule has 1 aliphatic rings. The van der Waals surface area contributed by atoms with Gasteiger partial charge in [-0.15, -0.1) is 0 Å².